The molecule has 0 aliphatic rings. The van der Waals surface area contributed by atoms with Gasteiger partial charge in [-0.2, -0.15) is 0 Å². The Kier molecular flexibility index (Phi) is 4.47. The molecule has 1 nitrogen and oxygen atoms in total. The van der Waals surface area contributed by atoms with Gasteiger partial charge >= 0.3 is 0 Å². The van der Waals surface area contributed by atoms with Gasteiger partial charge in [-0.15, -0.1) is 0 Å². The van der Waals surface area contributed by atoms with Crippen molar-refractivity contribution in [3.63, 3.8) is 0 Å². The maximum atomic E-state index is 13.4. The minimum Gasteiger partial charge on any atom is -0.488 e. The highest BCUT2D eigenvalue weighted by Crippen LogP contribution is 2.24. The Bertz CT molecular complexity index is 567. The lowest BCUT2D eigenvalue weighted by Crippen LogP contribution is -2.03. The molecule has 0 aliphatic carbocycles. The highest BCUT2D eigenvalue weighted by atomic mass is 79.9. The summed E-state index contributed by atoms with van der Waals surface area (Å²) in [6.45, 7) is -0.246. The third-order valence-electron chi connectivity index (χ3n) is 2.60. The molecule has 0 heterocycles. The first-order valence-electron chi connectivity index (χ1n) is 5.52. The van der Waals surface area contributed by atoms with Gasteiger partial charge < -0.3 is 4.74 Å². The van der Waals surface area contributed by atoms with Gasteiger partial charge in [0.15, 0.2) is 0 Å². The van der Waals surface area contributed by atoms with Crippen LogP contribution in [-0.4, -0.2) is 0 Å². The van der Waals surface area contributed by atoms with E-state index in [-0.39, 0.29) is 18.0 Å². The molecule has 0 aliphatic heterocycles. The average molecular weight is 331 g/mol. The van der Waals surface area contributed by atoms with Crippen molar-refractivity contribution in [2.24, 2.45) is 0 Å². The van der Waals surface area contributed by atoms with Crippen LogP contribution in [0.2, 0.25) is 0 Å². The molecule has 0 aromatic heterocycles. The van der Waals surface area contributed by atoms with E-state index in [1.165, 1.54) is 24.3 Å². The lowest BCUT2D eigenvalue weighted by Gasteiger charge is -2.11. The molecule has 100 valence electrons. The topological polar surface area (TPSA) is 9.23 Å². The first kappa shape index (κ1) is 13.9. The smallest absolute Gasteiger partial charge is 0.132 e. The molecule has 19 heavy (non-hydrogen) atoms. The van der Waals surface area contributed by atoms with E-state index >= 15 is 0 Å². The fourth-order valence-corrected chi connectivity index (χ4v) is 2.05. The highest BCUT2D eigenvalue weighted by molar-refractivity contribution is 9.08. The molecule has 0 fully saturated rings. The number of ether oxygens (including phenoxy) is 1. The molecule has 2 aromatic rings. The van der Waals surface area contributed by atoms with E-state index in [1.54, 1.807) is 0 Å². The summed E-state index contributed by atoms with van der Waals surface area (Å²) >= 11 is 3.20. The van der Waals surface area contributed by atoms with E-state index in [1.807, 2.05) is 0 Å². The van der Waals surface area contributed by atoms with Crippen LogP contribution in [0.15, 0.2) is 36.4 Å². The van der Waals surface area contributed by atoms with Gasteiger partial charge in [-0.1, -0.05) is 22.0 Å². The second-order valence-corrected chi connectivity index (χ2v) is 4.44. The summed E-state index contributed by atoms with van der Waals surface area (Å²) in [4.78, 5) is 0. The molecular formula is C14H10BrF3O. The van der Waals surface area contributed by atoms with E-state index in [9.17, 15) is 13.2 Å². The number of hydrogen-bond donors (Lipinski definition) is 0. The van der Waals surface area contributed by atoms with Crippen LogP contribution in [0, 0.1) is 17.5 Å². The van der Waals surface area contributed by atoms with Crippen LogP contribution in [0.4, 0.5) is 13.2 Å². The number of alkyl halides is 1. The Hall–Kier alpha value is -1.49. The van der Waals surface area contributed by atoms with Crippen molar-refractivity contribution in [1.82, 2.24) is 0 Å². The number of hydrogen-bond acceptors (Lipinski definition) is 1. The molecule has 0 radical (unpaired) electrons. The van der Waals surface area contributed by atoms with E-state index in [2.05, 4.69) is 15.9 Å². The molecule has 2 rings (SSSR count). The Morgan fingerprint density at radius 2 is 1.68 bits per heavy atom. The molecule has 0 atom stereocenters. The summed E-state index contributed by atoms with van der Waals surface area (Å²) in [5, 5.41) is 0.389. The fourth-order valence-electron chi connectivity index (χ4n) is 1.61. The van der Waals surface area contributed by atoms with Gasteiger partial charge in [0.05, 0.1) is 5.56 Å². The van der Waals surface area contributed by atoms with E-state index < -0.39 is 11.6 Å². The summed E-state index contributed by atoms with van der Waals surface area (Å²) in [5.74, 6) is -1.33. The van der Waals surface area contributed by atoms with Crippen molar-refractivity contribution in [3.05, 3.63) is 65.0 Å². The summed E-state index contributed by atoms with van der Waals surface area (Å²) < 4.78 is 45.2. The van der Waals surface area contributed by atoms with Crippen LogP contribution in [0.1, 0.15) is 11.1 Å². The van der Waals surface area contributed by atoms with E-state index in [4.69, 9.17) is 4.74 Å². The fraction of sp³-hybridized carbons (Fsp3) is 0.143. The van der Waals surface area contributed by atoms with Gasteiger partial charge in [0.2, 0.25) is 0 Å². The Balaban J connectivity index is 2.19. The molecule has 0 saturated carbocycles. The molecule has 5 heteroatoms. The van der Waals surface area contributed by atoms with Crippen molar-refractivity contribution in [2.75, 3.05) is 0 Å². The molecular weight excluding hydrogens is 321 g/mol. The first-order chi connectivity index (χ1) is 9.11. The summed E-state index contributed by atoms with van der Waals surface area (Å²) in [7, 11) is 0. The summed E-state index contributed by atoms with van der Waals surface area (Å²) in [6, 6.07) is 7.59. The van der Waals surface area contributed by atoms with Gasteiger partial charge in [-0.3, -0.25) is 0 Å². The molecule has 0 amide bonds. The van der Waals surface area contributed by atoms with Crippen LogP contribution in [0.25, 0.3) is 0 Å². The van der Waals surface area contributed by atoms with Crippen LogP contribution in [-0.2, 0) is 11.9 Å². The Morgan fingerprint density at radius 1 is 1.00 bits per heavy atom. The normalized spacial score (nSPS) is 10.5. The Morgan fingerprint density at radius 3 is 2.32 bits per heavy atom. The zero-order chi connectivity index (χ0) is 13.8. The average Bonchev–Trinajstić information content (AvgIpc) is 2.39. The monoisotopic (exact) mass is 330 g/mol. The molecule has 2 aromatic carbocycles. The number of rotatable bonds is 4. The number of benzene rings is 2. The third kappa shape index (κ3) is 3.29. The largest absolute Gasteiger partial charge is 0.488 e. The van der Waals surface area contributed by atoms with Crippen LogP contribution < -0.4 is 4.74 Å². The second kappa shape index (κ2) is 6.10. The van der Waals surface area contributed by atoms with Crippen molar-refractivity contribution in [1.29, 1.82) is 0 Å². The van der Waals surface area contributed by atoms with Gasteiger partial charge in [0, 0.05) is 10.9 Å². The zero-order valence-corrected chi connectivity index (χ0v) is 11.4. The molecule has 0 saturated heterocycles. The van der Waals surface area contributed by atoms with Crippen molar-refractivity contribution < 1.29 is 17.9 Å². The predicted octanol–water partition coefficient (Wildman–Crippen LogP) is 4.58. The zero-order valence-electron chi connectivity index (χ0n) is 9.80. The first-order valence-corrected chi connectivity index (χ1v) is 6.64. The third-order valence-corrected chi connectivity index (χ3v) is 3.20. The van der Waals surface area contributed by atoms with Crippen molar-refractivity contribution >= 4 is 15.9 Å². The van der Waals surface area contributed by atoms with Gasteiger partial charge in [-0.05, 0) is 30.3 Å². The van der Waals surface area contributed by atoms with Gasteiger partial charge in [0.1, 0.15) is 29.8 Å². The standard InChI is InChI=1S/C14H10BrF3O/c15-7-9-6-10(16)4-5-14(9)19-8-11-12(17)2-1-3-13(11)18/h1-6H,7-8H2. The van der Waals surface area contributed by atoms with Gasteiger partial charge in [-0.25, -0.2) is 13.2 Å². The quantitative estimate of drug-likeness (QED) is 0.746. The number of halogens is 4. The Labute approximate surface area is 117 Å². The van der Waals surface area contributed by atoms with Crippen molar-refractivity contribution in [3.8, 4) is 5.75 Å². The van der Waals surface area contributed by atoms with Crippen molar-refractivity contribution in [2.45, 2.75) is 11.9 Å². The van der Waals surface area contributed by atoms with E-state index in [0.29, 0.717) is 16.6 Å². The van der Waals surface area contributed by atoms with Crippen LogP contribution in [0.5, 0.6) is 5.75 Å². The molecule has 0 unspecified atom stereocenters. The minimum atomic E-state index is -0.664. The molecule has 0 bridgehead atoms. The van der Waals surface area contributed by atoms with Gasteiger partial charge in [0.25, 0.3) is 0 Å². The van der Waals surface area contributed by atoms with Crippen LogP contribution in [0.3, 0.4) is 0 Å². The van der Waals surface area contributed by atoms with E-state index in [0.717, 1.165) is 12.1 Å². The minimum absolute atomic E-state index is 0.146. The molecule has 0 N–H and O–H groups in total. The van der Waals surface area contributed by atoms with Crippen LogP contribution >= 0.6 is 15.9 Å². The maximum absolute atomic E-state index is 13.4. The summed E-state index contributed by atoms with van der Waals surface area (Å²) in [6.07, 6.45) is 0. The highest BCUT2D eigenvalue weighted by Gasteiger charge is 2.11. The second-order valence-electron chi connectivity index (χ2n) is 3.87. The molecule has 0 spiro atoms. The lowest BCUT2D eigenvalue weighted by molar-refractivity contribution is 0.290. The summed E-state index contributed by atoms with van der Waals surface area (Å²) in [5.41, 5.74) is 0.434. The lowest BCUT2D eigenvalue weighted by atomic mass is 10.2. The maximum Gasteiger partial charge on any atom is 0.132 e. The predicted molar refractivity (Wildman–Crippen MR) is 69.7 cm³/mol. The SMILES string of the molecule is Fc1ccc(OCc2c(F)cccc2F)c(CBr)c1.